The van der Waals surface area contributed by atoms with Crippen LogP contribution >= 0.6 is 0 Å². The molecule has 4 rings (SSSR count). The van der Waals surface area contributed by atoms with Crippen LogP contribution in [0.2, 0.25) is 0 Å². The largest absolute Gasteiger partial charge is 0.505 e. The number of hydrogen-bond acceptors (Lipinski definition) is 8. The molecule has 0 amide bonds. The topological polar surface area (TPSA) is 139 Å². The molecule has 0 unspecified atom stereocenters. The Bertz CT molecular complexity index is 1410. The third-order valence-corrected chi connectivity index (χ3v) is 5.11. The van der Waals surface area contributed by atoms with Gasteiger partial charge in [-0.15, -0.1) is 10.2 Å². The molecule has 0 aliphatic rings. The van der Waals surface area contributed by atoms with Crippen molar-refractivity contribution in [3.63, 3.8) is 0 Å². The molecule has 3 N–H and O–H groups in total. The van der Waals surface area contributed by atoms with E-state index in [1.165, 1.54) is 24.3 Å². The molecular formula is C24H20N6O3. The lowest BCUT2D eigenvalue weighted by molar-refractivity contribution is -0.384. The summed E-state index contributed by atoms with van der Waals surface area (Å²) in [5.41, 5.74) is 9.94. The molecule has 33 heavy (non-hydrogen) atoms. The highest BCUT2D eigenvalue weighted by Gasteiger charge is 2.17. The van der Waals surface area contributed by atoms with Crippen LogP contribution in [0.25, 0.3) is 10.8 Å². The molecule has 4 aromatic rings. The van der Waals surface area contributed by atoms with E-state index in [4.69, 9.17) is 5.73 Å². The number of nitrogens with two attached hydrogens (primary N) is 1. The van der Waals surface area contributed by atoms with E-state index in [0.717, 1.165) is 16.5 Å². The minimum absolute atomic E-state index is 0.0344. The first-order valence-corrected chi connectivity index (χ1v) is 10.0. The van der Waals surface area contributed by atoms with Crippen LogP contribution in [0.1, 0.15) is 11.1 Å². The second kappa shape index (κ2) is 8.83. The van der Waals surface area contributed by atoms with Crippen molar-refractivity contribution in [2.75, 3.05) is 5.73 Å². The zero-order valence-electron chi connectivity index (χ0n) is 17.9. The Morgan fingerprint density at radius 3 is 1.97 bits per heavy atom. The average molecular weight is 440 g/mol. The number of nitro groups is 1. The van der Waals surface area contributed by atoms with Gasteiger partial charge in [-0.2, -0.15) is 10.2 Å². The maximum Gasteiger partial charge on any atom is 0.269 e. The summed E-state index contributed by atoms with van der Waals surface area (Å²) in [4.78, 5) is 10.3. The summed E-state index contributed by atoms with van der Waals surface area (Å²) in [6.07, 6.45) is 0. The number of rotatable bonds is 5. The first-order valence-electron chi connectivity index (χ1n) is 10.0. The van der Waals surface area contributed by atoms with Crippen LogP contribution < -0.4 is 5.73 Å². The molecular weight excluding hydrogens is 420 g/mol. The number of nitrogens with zero attached hydrogens (tertiary/aromatic N) is 5. The van der Waals surface area contributed by atoms with Crippen molar-refractivity contribution in [2.24, 2.45) is 20.5 Å². The van der Waals surface area contributed by atoms with Gasteiger partial charge in [0.2, 0.25) is 0 Å². The first-order chi connectivity index (χ1) is 15.8. The molecule has 0 saturated heterocycles. The standard InChI is InChI=1S/C24H20N6O3/c1-14-12-16-13-15(2)23(29-26-17-6-4-3-5-7-17)24(31)20(16)21(25)22(14)28-27-18-8-10-19(11-9-18)30(32)33/h3-13,31H,25H2,1-2H3. The number of aryl methyl sites for hydroxylation is 2. The summed E-state index contributed by atoms with van der Waals surface area (Å²) in [5.74, 6) is -0.0889. The molecule has 0 radical (unpaired) electrons. The van der Waals surface area contributed by atoms with Gasteiger partial charge in [-0.05, 0) is 66.8 Å². The van der Waals surface area contributed by atoms with Gasteiger partial charge in [0, 0.05) is 12.1 Å². The van der Waals surface area contributed by atoms with E-state index in [2.05, 4.69) is 20.5 Å². The van der Waals surface area contributed by atoms with Crippen molar-refractivity contribution in [1.82, 2.24) is 0 Å². The smallest absolute Gasteiger partial charge is 0.269 e. The lowest BCUT2D eigenvalue weighted by atomic mass is 9.99. The lowest BCUT2D eigenvalue weighted by Crippen LogP contribution is -1.92. The van der Waals surface area contributed by atoms with Gasteiger partial charge in [-0.25, -0.2) is 0 Å². The van der Waals surface area contributed by atoms with E-state index in [9.17, 15) is 15.2 Å². The number of fused-ring (bicyclic) bond motifs is 1. The maximum atomic E-state index is 11.0. The molecule has 0 bridgehead atoms. The number of non-ortho nitro benzene ring substituents is 1. The number of nitrogen functional groups attached to an aromatic ring is 1. The Kier molecular flexibility index (Phi) is 5.77. The highest BCUT2D eigenvalue weighted by molar-refractivity contribution is 6.06. The summed E-state index contributed by atoms with van der Waals surface area (Å²) < 4.78 is 0. The molecule has 0 heterocycles. The van der Waals surface area contributed by atoms with Crippen molar-refractivity contribution >= 4 is 44.9 Å². The number of phenolic OH excluding ortho intramolecular Hbond substituents is 1. The summed E-state index contributed by atoms with van der Waals surface area (Å²) in [6, 6.07) is 18.6. The molecule has 9 heteroatoms. The van der Waals surface area contributed by atoms with Crippen LogP contribution in [0.5, 0.6) is 5.75 Å². The molecule has 164 valence electrons. The van der Waals surface area contributed by atoms with E-state index in [-0.39, 0.29) is 17.1 Å². The molecule has 0 atom stereocenters. The van der Waals surface area contributed by atoms with Crippen molar-refractivity contribution in [1.29, 1.82) is 0 Å². The lowest BCUT2D eigenvalue weighted by Gasteiger charge is -2.13. The number of aromatic hydroxyl groups is 1. The van der Waals surface area contributed by atoms with Gasteiger partial charge >= 0.3 is 0 Å². The fraction of sp³-hybridized carbons (Fsp3) is 0.0833. The highest BCUT2D eigenvalue weighted by atomic mass is 16.6. The number of phenols is 1. The molecule has 9 nitrogen and oxygen atoms in total. The quantitative estimate of drug-likeness (QED) is 0.144. The summed E-state index contributed by atoms with van der Waals surface area (Å²) >= 11 is 0. The Balaban J connectivity index is 1.77. The van der Waals surface area contributed by atoms with Crippen LogP contribution in [-0.4, -0.2) is 10.0 Å². The highest BCUT2D eigenvalue weighted by Crippen LogP contribution is 2.45. The molecule has 0 fully saturated rings. The summed E-state index contributed by atoms with van der Waals surface area (Å²) in [5, 5.41) is 39.8. The van der Waals surface area contributed by atoms with Gasteiger partial charge in [-0.1, -0.05) is 18.2 Å². The fourth-order valence-corrected chi connectivity index (χ4v) is 3.46. The van der Waals surface area contributed by atoms with Gasteiger partial charge in [0.1, 0.15) is 11.4 Å². The Morgan fingerprint density at radius 1 is 0.818 bits per heavy atom. The average Bonchev–Trinajstić information content (AvgIpc) is 2.79. The van der Waals surface area contributed by atoms with Gasteiger partial charge < -0.3 is 10.8 Å². The number of benzene rings is 4. The second-order valence-corrected chi connectivity index (χ2v) is 7.45. The summed E-state index contributed by atoms with van der Waals surface area (Å²) in [7, 11) is 0. The predicted octanol–water partition coefficient (Wildman–Crippen LogP) is 7.48. The molecule has 0 aliphatic heterocycles. The van der Waals surface area contributed by atoms with Crippen LogP contribution in [0.15, 0.2) is 87.2 Å². The third-order valence-electron chi connectivity index (χ3n) is 5.11. The van der Waals surface area contributed by atoms with Crippen molar-refractivity contribution in [3.05, 3.63) is 88.0 Å². The zero-order chi connectivity index (χ0) is 23.5. The molecule has 4 aromatic carbocycles. The zero-order valence-corrected chi connectivity index (χ0v) is 17.9. The monoisotopic (exact) mass is 440 g/mol. The summed E-state index contributed by atoms with van der Waals surface area (Å²) in [6.45, 7) is 3.68. The fourth-order valence-electron chi connectivity index (χ4n) is 3.46. The Labute approximate surface area is 189 Å². The van der Waals surface area contributed by atoms with E-state index in [1.807, 2.05) is 56.3 Å². The van der Waals surface area contributed by atoms with Crippen molar-refractivity contribution in [3.8, 4) is 5.75 Å². The number of anilines is 1. The van der Waals surface area contributed by atoms with Crippen LogP contribution in [0, 0.1) is 24.0 Å². The predicted molar refractivity (Wildman–Crippen MR) is 127 cm³/mol. The van der Waals surface area contributed by atoms with Crippen LogP contribution in [0.3, 0.4) is 0 Å². The van der Waals surface area contributed by atoms with E-state index < -0.39 is 4.92 Å². The molecule has 0 saturated carbocycles. The van der Waals surface area contributed by atoms with Gasteiger partial charge in [0.05, 0.1) is 27.4 Å². The molecule has 0 aliphatic carbocycles. The first kappa shape index (κ1) is 21.6. The van der Waals surface area contributed by atoms with E-state index in [1.54, 1.807) is 0 Å². The van der Waals surface area contributed by atoms with E-state index in [0.29, 0.717) is 28.1 Å². The maximum absolute atomic E-state index is 11.0. The van der Waals surface area contributed by atoms with Crippen molar-refractivity contribution < 1.29 is 10.0 Å². The molecule has 0 spiro atoms. The molecule has 0 aromatic heterocycles. The minimum Gasteiger partial charge on any atom is -0.505 e. The van der Waals surface area contributed by atoms with Gasteiger partial charge in [-0.3, -0.25) is 10.1 Å². The minimum atomic E-state index is -0.482. The normalized spacial score (nSPS) is 11.6. The number of nitro benzene ring substituents is 1. The van der Waals surface area contributed by atoms with Gasteiger partial charge in [0.25, 0.3) is 5.69 Å². The third kappa shape index (κ3) is 4.38. The Hall–Kier alpha value is -4.66. The SMILES string of the molecule is Cc1cc2cc(C)c(N=Nc3ccccc3)c(O)c2c(N)c1N=Nc1ccc([N+](=O)[O-])cc1. The van der Waals surface area contributed by atoms with Crippen LogP contribution in [0.4, 0.5) is 34.1 Å². The number of azo groups is 2. The van der Waals surface area contributed by atoms with E-state index >= 15 is 0 Å². The Morgan fingerprint density at radius 2 is 1.36 bits per heavy atom. The van der Waals surface area contributed by atoms with Gasteiger partial charge in [0.15, 0.2) is 5.75 Å². The number of hydrogen-bond donors (Lipinski definition) is 2. The van der Waals surface area contributed by atoms with Crippen LogP contribution in [-0.2, 0) is 0 Å². The second-order valence-electron chi connectivity index (χ2n) is 7.45. The van der Waals surface area contributed by atoms with Crippen molar-refractivity contribution in [2.45, 2.75) is 13.8 Å².